The van der Waals surface area contributed by atoms with Gasteiger partial charge in [-0.3, -0.25) is 19.8 Å². The van der Waals surface area contributed by atoms with Gasteiger partial charge in [0.1, 0.15) is 5.69 Å². The Bertz CT molecular complexity index is 585. The largest absolute Gasteiger partial charge is 0.336 e. The van der Waals surface area contributed by atoms with Crippen LogP contribution in [0.4, 0.5) is 0 Å². The van der Waals surface area contributed by atoms with E-state index < -0.39 is 9.84 Å². The van der Waals surface area contributed by atoms with Crippen LogP contribution in [0.1, 0.15) is 16.9 Å². The minimum atomic E-state index is -3.02. The van der Waals surface area contributed by atoms with Crippen LogP contribution in [0.25, 0.3) is 0 Å². The Morgan fingerprint density at radius 1 is 1.47 bits per heavy atom. The quantitative estimate of drug-likeness (QED) is 0.708. The number of amides is 1. The number of carbonyl (C=O) groups excluding carboxylic acids is 1. The number of nitrogens with zero attached hydrogens (tertiary/aromatic N) is 1. The van der Waals surface area contributed by atoms with E-state index in [1.54, 1.807) is 7.05 Å². The van der Waals surface area contributed by atoms with Crippen molar-refractivity contribution in [3.05, 3.63) is 22.1 Å². The lowest BCUT2D eigenvalue weighted by Crippen LogP contribution is -2.38. The van der Waals surface area contributed by atoms with Crippen molar-refractivity contribution in [2.45, 2.75) is 12.5 Å². The fraction of sp³-hybridized carbons (Fsp3) is 0.556. The molecule has 0 radical (unpaired) electrons. The van der Waals surface area contributed by atoms with Gasteiger partial charge >= 0.3 is 0 Å². The van der Waals surface area contributed by atoms with E-state index in [9.17, 15) is 18.0 Å². The zero-order valence-corrected chi connectivity index (χ0v) is 10.1. The second kappa shape index (κ2) is 4.02. The molecule has 1 aliphatic rings. The third-order valence-corrected chi connectivity index (χ3v) is 4.65. The van der Waals surface area contributed by atoms with Crippen molar-refractivity contribution in [2.75, 3.05) is 18.6 Å². The summed E-state index contributed by atoms with van der Waals surface area (Å²) in [6.07, 6.45) is 0.444. The SMILES string of the molecule is CN(C(=O)c1cc(=O)[nH][nH]1)C1CCS(=O)(=O)C1. The number of sulfone groups is 1. The minimum Gasteiger partial charge on any atom is -0.336 e. The normalized spacial score (nSPS) is 22.5. The molecule has 0 aromatic carbocycles. The highest BCUT2D eigenvalue weighted by molar-refractivity contribution is 7.91. The van der Waals surface area contributed by atoms with Crippen molar-refractivity contribution in [1.29, 1.82) is 0 Å². The first-order valence-corrected chi connectivity index (χ1v) is 6.96. The standard InChI is InChI=1S/C9H13N3O4S/c1-12(6-2-3-17(15,16)5-6)9(14)7-4-8(13)11-10-7/h4,6H,2-3,5H2,1H3,(H2,10,11,13). The molecule has 1 amide bonds. The fourth-order valence-electron chi connectivity index (χ4n) is 1.88. The van der Waals surface area contributed by atoms with E-state index in [0.29, 0.717) is 6.42 Å². The topological polar surface area (TPSA) is 103 Å². The van der Waals surface area contributed by atoms with Crippen LogP contribution in [-0.2, 0) is 9.84 Å². The third-order valence-electron chi connectivity index (χ3n) is 2.90. The van der Waals surface area contributed by atoms with Gasteiger partial charge < -0.3 is 4.90 Å². The van der Waals surface area contributed by atoms with Gasteiger partial charge in [-0.15, -0.1) is 0 Å². The molecule has 2 heterocycles. The Hall–Kier alpha value is -1.57. The Kier molecular flexibility index (Phi) is 2.82. The molecular weight excluding hydrogens is 246 g/mol. The molecule has 17 heavy (non-hydrogen) atoms. The molecular formula is C9H13N3O4S. The van der Waals surface area contributed by atoms with Crippen molar-refractivity contribution in [3.8, 4) is 0 Å². The number of aromatic amines is 2. The number of hydrogen-bond donors (Lipinski definition) is 2. The third kappa shape index (κ3) is 2.41. The molecule has 1 saturated heterocycles. The number of nitrogens with one attached hydrogen (secondary N) is 2. The fourth-order valence-corrected chi connectivity index (χ4v) is 3.66. The van der Waals surface area contributed by atoms with Gasteiger partial charge in [-0.05, 0) is 6.42 Å². The van der Waals surface area contributed by atoms with Gasteiger partial charge in [-0.25, -0.2) is 8.42 Å². The average molecular weight is 259 g/mol. The molecule has 7 nitrogen and oxygen atoms in total. The van der Waals surface area contributed by atoms with E-state index in [4.69, 9.17) is 0 Å². The summed E-state index contributed by atoms with van der Waals surface area (Å²) in [6.45, 7) is 0. The number of hydrogen-bond acceptors (Lipinski definition) is 4. The van der Waals surface area contributed by atoms with Crippen LogP contribution >= 0.6 is 0 Å². The van der Waals surface area contributed by atoms with E-state index in [1.165, 1.54) is 4.90 Å². The Morgan fingerprint density at radius 2 is 2.18 bits per heavy atom. The van der Waals surface area contributed by atoms with Crippen LogP contribution in [0.15, 0.2) is 10.9 Å². The number of carbonyl (C=O) groups is 1. The van der Waals surface area contributed by atoms with E-state index >= 15 is 0 Å². The summed E-state index contributed by atoms with van der Waals surface area (Å²) in [5, 5.41) is 4.72. The van der Waals surface area contributed by atoms with E-state index in [-0.39, 0.29) is 34.7 Å². The van der Waals surface area contributed by atoms with Crippen molar-refractivity contribution in [3.63, 3.8) is 0 Å². The Labute approximate surface area is 97.7 Å². The maximum Gasteiger partial charge on any atom is 0.271 e. The first-order chi connectivity index (χ1) is 7.89. The summed E-state index contributed by atoms with van der Waals surface area (Å²) >= 11 is 0. The van der Waals surface area contributed by atoms with Gasteiger partial charge in [0.15, 0.2) is 9.84 Å². The first-order valence-electron chi connectivity index (χ1n) is 5.14. The highest BCUT2D eigenvalue weighted by Gasteiger charge is 2.33. The molecule has 0 aliphatic carbocycles. The molecule has 0 saturated carbocycles. The van der Waals surface area contributed by atoms with E-state index in [2.05, 4.69) is 10.2 Å². The Balaban J connectivity index is 2.13. The van der Waals surface area contributed by atoms with Gasteiger partial charge in [0.25, 0.3) is 11.5 Å². The van der Waals surface area contributed by atoms with Crippen LogP contribution in [-0.4, -0.2) is 54.0 Å². The zero-order valence-electron chi connectivity index (χ0n) is 9.26. The summed E-state index contributed by atoms with van der Waals surface area (Å²) in [5.41, 5.74) is -0.248. The van der Waals surface area contributed by atoms with Crippen LogP contribution in [0, 0.1) is 0 Å². The van der Waals surface area contributed by atoms with E-state index in [0.717, 1.165) is 6.07 Å². The number of rotatable bonds is 2. The predicted octanol–water partition coefficient (Wildman–Crippen LogP) is -1.04. The molecule has 1 aliphatic heterocycles. The molecule has 0 spiro atoms. The molecule has 1 fully saturated rings. The average Bonchev–Trinajstić information content (AvgIpc) is 2.82. The number of H-pyrrole nitrogens is 2. The molecule has 1 aromatic rings. The van der Waals surface area contributed by atoms with Crippen LogP contribution < -0.4 is 5.56 Å². The highest BCUT2D eigenvalue weighted by Crippen LogP contribution is 2.17. The van der Waals surface area contributed by atoms with E-state index in [1.807, 2.05) is 0 Å². The second-order valence-electron chi connectivity index (χ2n) is 4.15. The van der Waals surface area contributed by atoms with Gasteiger partial charge in [0.05, 0.1) is 11.5 Å². The smallest absolute Gasteiger partial charge is 0.271 e. The minimum absolute atomic E-state index is 0.0100. The van der Waals surface area contributed by atoms with Crippen LogP contribution in [0.2, 0.25) is 0 Å². The lowest BCUT2D eigenvalue weighted by Gasteiger charge is -2.22. The van der Waals surface area contributed by atoms with Crippen LogP contribution in [0.5, 0.6) is 0 Å². The number of aromatic nitrogens is 2. The molecule has 94 valence electrons. The summed E-state index contributed by atoms with van der Waals surface area (Å²) in [6, 6.07) is 0.841. The summed E-state index contributed by atoms with van der Waals surface area (Å²) in [4.78, 5) is 24.1. The molecule has 8 heteroatoms. The van der Waals surface area contributed by atoms with Crippen molar-refractivity contribution < 1.29 is 13.2 Å². The van der Waals surface area contributed by atoms with Crippen molar-refractivity contribution in [1.82, 2.24) is 15.1 Å². The second-order valence-corrected chi connectivity index (χ2v) is 6.37. The molecule has 1 aromatic heterocycles. The van der Waals surface area contributed by atoms with Gasteiger partial charge in [0, 0.05) is 19.2 Å². The summed E-state index contributed by atoms with van der Waals surface area (Å²) in [7, 11) is -1.48. The zero-order chi connectivity index (χ0) is 12.6. The Morgan fingerprint density at radius 3 is 2.65 bits per heavy atom. The first kappa shape index (κ1) is 11.9. The lowest BCUT2D eigenvalue weighted by molar-refractivity contribution is 0.0741. The molecule has 1 atom stereocenters. The van der Waals surface area contributed by atoms with Gasteiger partial charge in [0.2, 0.25) is 0 Å². The highest BCUT2D eigenvalue weighted by atomic mass is 32.2. The summed E-state index contributed by atoms with van der Waals surface area (Å²) < 4.78 is 22.6. The van der Waals surface area contributed by atoms with Crippen molar-refractivity contribution >= 4 is 15.7 Å². The molecule has 0 bridgehead atoms. The maximum atomic E-state index is 11.9. The summed E-state index contributed by atoms with van der Waals surface area (Å²) in [5.74, 6) is -0.284. The molecule has 2 N–H and O–H groups in total. The predicted molar refractivity (Wildman–Crippen MR) is 60.6 cm³/mol. The van der Waals surface area contributed by atoms with Gasteiger partial charge in [-0.1, -0.05) is 0 Å². The molecule has 1 unspecified atom stereocenters. The van der Waals surface area contributed by atoms with Crippen molar-refractivity contribution in [2.24, 2.45) is 0 Å². The van der Waals surface area contributed by atoms with Crippen LogP contribution in [0.3, 0.4) is 0 Å². The monoisotopic (exact) mass is 259 g/mol. The maximum absolute atomic E-state index is 11.9. The molecule has 2 rings (SSSR count). The lowest BCUT2D eigenvalue weighted by atomic mass is 10.2. The van der Waals surface area contributed by atoms with Gasteiger partial charge in [-0.2, -0.15) is 0 Å².